The lowest BCUT2D eigenvalue weighted by atomic mass is 9.88. The fraction of sp³-hybridized carbons (Fsp3) is 0.333. The van der Waals surface area contributed by atoms with Gasteiger partial charge in [0.15, 0.2) is 11.0 Å². The molecule has 0 radical (unpaired) electrons. The van der Waals surface area contributed by atoms with E-state index in [2.05, 4.69) is 76.5 Å². The van der Waals surface area contributed by atoms with Crippen LogP contribution in [0.15, 0.2) is 53.0 Å². The zero-order chi connectivity index (χ0) is 19.8. The summed E-state index contributed by atoms with van der Waals surface area (Å²) in [7, 11) is 0. The van der Waals surface area contributed by atoms with Gasteiger partial charge in [-0.3, -0.25) is 0 Å². The SMILES string of the molecule is CCn1c(SCc2cccc3ccccc23)nnc1-c1csc2c1CCC(C)C2. The molecule has 0 aliphatic heterocycles. The van der Waals surface area contributed by atoms with Crippen LogP contribution in [0, 0.1) is 5.92 Å². The first kappa shape index (κ1) is 18.9. The van der Waals surface area contributed by atoms with Crippen molar-refractivity contribution in [2.24, 2.45) is 5.92 Å². The van der Waals surface area contributed by atoms with Gasteiger partial charge in [0.1, 0.15) is 0 Å². The Balaban J connectivity index is 1.44. The third-order valence-corrected chi connectivity index (χ3v) is 7.98. The second-order valence-corrected chi connectivity index (χ2v) is 9.78. The number of rotatable bonds is 5. The second-order valence-electron chi connectivity index (χ2n) is 7.88. The predicted molar refractivity (Wildman–Crippen MR) is 124 cm³/mol. The van der Waals surface area contributed by atoms with Gasteiger partial charge in [-0.15, -0.1) is 21.5 Å². The highest BCUT2D eigenvalue weighted by Gasteiger charge is 2.24. The Hall–Kier alpha value is -2.11. The van der Waals surface area contributed by atoms with Crippen LogP contribution in [0.2, 0.25) is 0 Å². The first-order valence-electron chi connectivity index (χ1n) is 10.4. The lowest BCUT2D eigenvalue weighted by Crippen LogP contribution is -2.10. The van der Waals surface area contributed by atoms with Gasteiger partial charge in [0.05, 0.1) is 0 Å². The van der Waals surface area contributed by atoms with Gasteiger partial charge < -0.3 is 4.57 Å². The minimum atomic E-state index is 0.796. The molecule has 0 saturated carbocycles. The zero-order valence-electron chi connectivity index (χ0n) is 16.9. The lowest BCUT2D eigenvalue weighted by Gasteiger charge is -2.19. The van der Waals surface area contributed by atoms with E-state index < -0.39 is 0 Å². The zero-order valence-corrected chi connectivity index (χ0v) is 18.5. The van der Waals surface area contributed by atoms with Gasteiger partial charge in [0.2, 0.25) is 0 Å². The molecule has 5 rings (SSSR count). The molecule has 0 saturated heterocycles. The molecule has 1 aliphatic rings. The van der Waals surface area contributed by atoms with Crippen molar-refractivity contribution in [1.82, 2.24) is 14.8 Å². The predicted octanol–water partition coefficient (Wildman–Crippen LogP) is 6.60. The summed E-state index contributed by atoms with van der Waals surface area (Å²) in [5.74, 6) is 2.74. The maximum absolute atomic E-state index is 4.63. The normalized spacial score (nSPS) is 16.3. The van der Waals surface area contributed by atoms with Crippen molar-refractivity contribution in [2.75, 3.05) is 0 Å². The summed E-state index contributed by atoms with van der Waals surface area (Å²) in [6.45, 7) is 5.44. The number of thiophene rings is 1. The van der Waals surface area contributed by atoms with E-state index in [9.17, 15) is 0 Å². The van der Waals surface area contributed by atoms with Crippen LogP contribution in [0.5, 0.6) is 0 Å². The Labute approximate surface area is 180 Å². The number of nitrogens with zero attached hydrogens (tertiary/aromatic N) is 3. The molecule has 0 fully saturated rings. The third-order valence-electron chi connectivity index (χ3n) is 5.91. The summed E-state index contributed by atoms with van der Waals surface area (Å²) in [4.78, 5) is 1.55. The van der Waals surface area contributed by atoms with Gasteiger partial charge in [-0.1, -0.05) is 61.2 Å². The monoisotopic (exact) mass is 419 g/mol. The molecular formula is C24H25N3S2. The molecule has 0 spiro atoms. The molecule has 2 aromatic carbocycles. The van der Waals surface area contributed by atoms with E-state index in [1.54, 1.807) is 16.6 Å². The van der Waals surface area contributed by atoms with Crippen molar-refractivity contribution in [3.8, 4) is 11.4 Å². The minimum absolute atomic E-state index is 0.796. The average Bonchev–Trinajstić information content (AvgIpc) is 3.34. The molecule has 0 bridgehead atoms. The Bertz CT molecular complexity index is 1150. The van der Waals surface area contributed by atoms with E-state index in [1.807, 2.05) is 11.3 Å². The first-order chi connectivity index (χ1) is 14.2. The van der Waals surface area contributed by atoms with Gasteiger partial charge >= 0.3 is 0 Å². The fourth-order valence-electron chi connectivity index (χ4n) is 4.31. The van der Waals surface area contributed by atoms with Crippen LogP contribution < -0.4 is 0 Å². The third kappa shape index (κ3) is 3.51. The summed E-state index contributed by atoms with van der Waals surface area (Å²) in [6, 6.07) is 15.1. The maximum atomic E-state index is 4.63. The highest BCUT2D eigenvalue weighted by atomic mass is 32.2. The number of benzene rings is 2. The molecule has 4 aromatic rings. The summed E-state index contributed by atoms with van der Waals surface area (Å²) in [6.07, 6.45) is 3.66. The van der Waals surface area contributed by atoms with Crippen molar-refractivity contribution in [1.29, 1.82) is 0 Å². The average molecular weight is 420 g/mol. The summed E-state index contributed by atoms with van der Waals surface area (Å²) in [5, 5.41) is 15.1. The van der Waals surface area contributed by atoms with Crippen LogP contribution in [0.4, 0.5) is 0 Å². The lowest BCUT2D eigenvalue weighted by molar-refractivity contribution is 0.508. The molecule has 1 atom stereocenters. The molecule has 1 aliphatic carbocycles. The van der Waals surface area contributed by atoms with Crippen LogP contribution in [0.3, 0.4) is 0 Å². The molecule has 3 nitrogen and oxygen atoms in total. The largest absolute Gasteiger partial charge is 0.302 e. The van der Waals surface area contributed by atoms with Gasteiger partial charge in [-0.25, -0.2) is 0 Å². The molecular weight excluding hydrogens is 394 g/mol. The van der Waals surface area contributed by atoms with E-state index in [1.165, 1.54) is 46.7 Å². The molecule has 2 aromatic heterocycles. The smallest absolute Gasteiger partial charge is 0.191 e. The molecule has 0 N–H and O–H groups in total. The van der Waals surface area contributed by atoms with E-state index in [0.717, 1.165) is 29.2 Å². The number of fused-ring (bicyclic) bond motifs is 2. The quantitative estimate of drug-likeness (QED) is 0.342. The van der Waals surface area contributed by atoms with Crippen molar-refractivity contribution < 1.29 is 0 Å². The van der Waals surface area contributed by atoms with Gasteiger partial charge in [0.25, 0.3) is 0 Å². The Morgan fingerprint density at radius 3 is 2.90 bits per heavy atom. The summed E-state index contributed by atoms with van der Waals surface area (Å²) >= 11 is 3.69. The minimum Gasteiger partial charge on any atom is -0.302 e. The maximum Gasteiger partial charge on any atom is 0.191 e. The molecule has 1 unspecified atom stereocenters. The van der Waals surface area contributed by atoms with Gasteiger partial charge in [-0.05, 0) is 54.0 Å². The van der Waals surface area contributed by atoms with E-state index >= 15 is 0 Å². The number of aromatic nitrogens is 3. The molecule has 0 amide bonds. The Kier molecular flexibility index (Phi) is 5.18. The van der Waals surface area contributed by atoms with Crippen molar-refractivity contribution in [3.63, 3.8) is 0 Å². The van der Waals surface area contributed by atoms with Crippen molar-refractivity contribution in [2.45, 2.75) is 50.6 Å². The first-order valence-corrected chi connectivity index (χ1v) is 12.2. The molecule has 29 heavy (non-hydrogen) atoms. The van der Waals surface area contributed by atoms with Crippen LogP contribution in [0.25, 0.3) is 22.2 Å². The van der Waals surface area contributed by atoms with E-state index in [-0.39, 0.29) is 0 Å². The standard InChI is InChI=1S/C24H25N3S2/c1-3-27-23(21-15-28-22-13-16(2)11-12-20(21)22)25-26-24(27)29-14-18-9-6-8-17-7-4-5-10-19(17)18/h4-10,15-16H,3,11-14H2,1-2H3. The van der Waals surface area contributed by atoms with E-state index in [4.69, 9.17) is 0 Å². The summed E-state index contributed by atoms with van der Waals surface area (Å²) < 4.78 is 2.29. The number of hydrogen-bond acceptors (Lipinski definition) is 4. The van der Waals surface area contributed by atoms with Crippen LogP contribution >= 0.6 is 23.1 Å². The van der Waals surface area contributed by atoms with E-state index in [0.29, 0.717) is 0 Å². The number of hydrogen-bond donors (Lipinski definition) is 0. The van der Waals surface area contributed by atoms with Crippen LogP contribution in [-0.4, -0.2) is 14.8 Å². The van der Waals surface area contributed by atoms with Crippen molar-refractivity contribution in [3.05, 3.63) is 63.8 Å². The highest BCUT2D eigenvalue weighted by Crippen LogP contribution is 2.38. The highest BCUT2D eigenvalue weighted by molar-refractivity contribution is 7.98. The fourth-order valence-corrected chi connectivity index (χ4v) is 6.55. The Morgan fingerprint density at radius 1 is 1.14 bits per heavy atom. The van der Waals surface area contributed by atoms with Crippen molar-refractivity contribution >= 4 is 33.9 Å². The molecule has 148 valence electrons. The molecule has 5 heteroatoms. The molecule has 2 heterocycles. The van der Waals surface area contributed by atoms with Crippen LogP contribution in [-0.2, 0) is 25.1 Å². The van der Waals surface area contributed by atoms with Gasteiger partial charge in [0, 0.05) is 28.1 Å². The summed E-state index contributed by atoms with van der Waals surface area (Å²) in [5.41, 5.74) is 4.17. The Morgan fingerprint density at radius 2 is 2.00 bits per heavy atom. The second kappa shape index (κ2) is 7.96. The van der Waals surface area contributed by atoms with Gasteiger partial charge in [-0.2, -0.15) is 0 Å². The topological polar surface area (TPSA) is 30.7 Å². The van der Waals surface area contributed by atoms with Crippen LogP contribution in [0.1, 0.15) is 36.3 Å². The number of thioether (sulfide) groups is 1.